The van der Waals surface area contributed by atoms with Crippen molar-refractivity contribution < 1.29 is 14.3 Å². The molecule has 2 aromatic carbocycles. The number of carbonyl (C=O) groups excluding carboxylic acids is 2. The van der Waals surface area contributed by atoms with Crippen molar-refractivity contribution in [3.63, 3.8) is 0 Å². The largest absolute Gasteiger partial charge is 0.495 e. The Balaban J connectivity index is 1.74. The van der Waals surface area contributed by atoms with E-state index in [1.807, 2.05) is 24.3 Å². The molecule has 3 amide bonds. The molecule has 1 heterocycles. The van der Waals surface area contributed by atoms with Crippen LogP contribution >= 0.6 is 0 Å². The summed E-state index contributed by atoms with van der Waals surface area (Å²) in [5.74, 6) is 0.683. The standard InChI is InChI=1S/C20H23N3O3/c1-3-14-6-4-7-15(12-14)21-20(25)22-16-9-10-18(26-2)17(13-16)23-11-5-8-19(23)24/h4,6-7,9-10,12-13H,3,5,8,11H2,1-2H3,(H2,21,22,25). The minimum absolute atomic E-state index is 0.0706. The molecule has 26 heavy (non-hydrogen) atoms. The number of benzene rings is 2. The van der Waals surface area contributed by atoms with E-state index in [-0.39, 0.29) is 11.9 Å². The van der Waals surface area contributed by atoms with Crippen molar-refractivity contribution in [3.8, 4) is 5.75 Å². The summed E-state index contributed by atoms with van der Waals surface area (Å²) in [6.07, 6.45) is 2.27. The van der Waals surface area contributed by atoms with Crippen LogP contribution in [0.4, 0.5) is 21.9 Å². The molecule has 2 aromatic rings. The SMILES string of the molecule is CCc1cccc(NC(=O)Nc2ccc(OC)c(N3CCCC3=O)c2)c1. The number of aryl methyl sites for hydroxylation is 1. The molecule has 136 valence electrons. The van der Waals surface area contributed by atoms with Gasteiger partial charge in [0.05, 0.1) is 12.8 Å². The summed E-state index contributed by atoms with van der Waals surface area (Å²) < 4.78 is 5.37. The lowest BCUT2D eigenvalue weighted by Gasteiger charge is -2.20. The summed E-state index contributed by atoms with van der Waals surface area (Å²) >= 11 is 0. The van der Waals surface area contributed by atoms with Crippen molar-refractivity contribution in [2.45, 2.75) is 26.2 Å². The second kappa shape index (κ2) is 7.91. The van der Waals surface area contributed by atoms with Gasteiger partial charge in [0.25, 0.3) is 0 Å². The van der Waals surface area contributed by atoms with Gasteiger partial charge in [0, 0.05) is 24.3 Å². The van der Waals surface area contributed by atoms with Crippen LogP contribution in [0.3, 0.4) is 0 Å². The van der Waals surface area contributed by atoms with Gasteiger partial charge in [0.1, 0.15) is 5.75 Å². The first kappa shape index (κ1) is 17.8. The second-order valence-corrected chi connectivity index (χ2v) is 6.17. The van der Waals surface area contributed by atoms with E-state index in [1.54, 1.807) is 30.2 Å². The highest BCUT2D eigenvalue weighted by atomic mass is 16.5. The van der Waals surface area contributed by atoms with Crippen LogP contribution in [0.15, 0.2) is 42.5 Å². The first-order valence-corrected chi connectivity index (χ1v) is 8.76. The molecule has 0 spiro atoms. The van der Waals surface area contributed by atoms with Crippen LogP contribution in [0.2, 0.25) is 0 Å². The molecule has 6 heteroatoms. The van der Waals surface area contributed by atoms with Gasteiger partial charge in [0.15, 0.2) is 0 Å². The first-order chi connectivity index (χ1) is 12.6. The van der Waals surface area contributed by atoms with E-state index in [0.717, 1.165) is 24.1 Å². The molecule has 0 radical (unpaired) electrons. The number of urea groups is 1. The number of methoxy groups -OCH3 is 1. The Kier molecular flexibility index (Phi) is 5.41. The lowest BCUT2D eigenvalue weighted by molar-refractivity contribution is -0.117. The molecule has 1 fully saturated rings. The Labute approximate surface area is 153 Å². The van der Waals surface area contributed by atoms with E-state index in [4.69, 9.17) is 4.74 Å². The van der Waals surface area contributed by atoms with Crippen LogP contribution in [0.25, 0.3) is 0 Å². The van der Waals surface area contributed by atoms with E-state index in [1.165, 1.54) is 0 Å². The summed E-state index contributed by atoms with van der Waals surface area (Å²) in [5.41, 5.74) is 3.18. The molecular formula is C20H23N3O3. The number of carbonyl (C=O) groups is 2. The molecule has 0 aliphatic carbocycles. The summed E-state index contributed by atoms with van der Waals surface area (Å²) in [5, 5.41) is 5.64. The molecular weight excluding hydrogens is 330 g/mol. The third-order valence-corrected chi connectivity index (χ3v) is 4.39. The van der Waals surface area contributed by atoms with Crippen LogP contribution in [0, 0.1) is 0 Å². The molecule has 0 unspecified atom stereocenters. The predicted molar refractivity (Wildman–Crippen MR) is 103 cm³/mol. The van der Waals surface area contributed by atoms with Gasteiger partial charge in [-0.25, -0.2) is 4.79 Å². The molecule has 1 saturated heterocycles. The van der Waals surface area contributed by atoms with E-state index >= 15 is 0 Å². The number of nitrogens with one attached hydrogen (secondary N) is 2. The molecule has 0 saturated carbocycles. The van der Waals surface area contributed by atoms with Gasteiger partial charge in [-0.15, -0.1) is 0 Å². The van der Waals surface area contributed by atoms with Crippen LogP contribution in [0.5, 0.6) is 5.75 Å². The van der Waals surface area contributed by atoms with Gasteiger partial charge in [0.2, 0.25) is 5.91 Å². The fraction of sp³-hybridized carbons (Fsp3) is 0.300. The van der Waals surface area contributed by atoms with Crippen molar-refractivity contribution in [1.82, 2.24) is 0 Å². The smallest absolute Gasteiger partial charge is 0.323 e. The lowest BCUT2D eigenvalue weighted by Crippen LogP contribution is -2.25. The Bertz CT molecular complexity index is 820. The van der Waals surface area contributed by atoms with Gasteiger partial charge < -0.3 is 20.3 Å². The third kappa shape index (κ3) is 3.96. The van der Waals surface area contributed by atoms with Gasteiger partial charge in [-0.2, -0.15) is 0 Å². The number of amides is 3. The number of anilines is 3. The van der Waals surface area contributed by atoms with Crippen LogP contribution in [0.1, 0.15) is 25.3 Å². The average Bonchev–Trinajstić information content (AvgIpc) is 3.07. The Hall–Kier alpha value is -3.02. The Morgan fingerprint density at radius 2 is 1.92 bits per heavy atom. The summed E-state index contributed by atoms with van der Waals surface area (Å²) in [7, 11) is 1.57. The zero-order valence-electron chi connectivity index (χ0n) is 15.0. The fourth-order valence-corrected chi connectivity index (χ4v) is 3.04. The van der Waals surface area contributed by atoms with E-state index in [9.17, 15) is 9.59 Å². The Morgan fingerprint density at radius 1 is 1.15 bits per heavy atom. The summed E-state index contributed by atoms with van der Waals surface area (Å²) in [6, 6.07) is 12.7. The van der Waals surface area contributed by atoms with E-state index in [0.29, 0.717) is 30.1 Å². The van der Waals surface area contributed by atoms with E-state index < -0.39 is 0 Å². The molecule has 0 atom stereocenters. The fourth-order valence-electron chi connectivity index (χ4n) is 3.04. The van der Waals surface area contributed by atoms with Crippen molar-refractivity contribution >= 4 is 29.0 Å². The normalized spacial score (nSPS) is 13.6. The minimum Gasteiger partial charge on any atom is -0.495 e. The molecule has 2 N–H and O–H groups in total. The number of ether oxygens (including phenoxy) is 1. The lowest BCUT2D eigenvalue weighted by atomic mass is 10.1. The van der Waals surface area contributed by atoms with Crippen LogP contribution < -0.4 is 20.3 Å². The topological polar surface area (TPSA) is 70.7 Å². The number of hydrogen-bond donors (Lipinski definition) is 2. The third-order valence-electron chi connectivity index (χ3n) is 4.39. The maximum Gasteiger partial charge on any atom is 0.323 e. The maximum absolute atomic E-state index is 12.3. The molecule has 1 aliphatic rings. The summed E-state index contributed by atoms with van der Waals surface area (Å²) in [4.78, 5) is 26.0. The quantitative estimate of drug-likeness (QED) is 0.852. The monoisotopic (exact) mass is 353 g/mol. The molecule has 1 aliphatic heterocycles. The van der Waals surface area contributed by atoms with Gasteiger partial charge in [-0.05, 0) is 48.7 Å². The van der Waals surface area contributed by atoms with Gasteiger partial charge in [-0.1, -0.05) is 19.1 Å². The van der Waals surface area contributed by atoms with Crippen molar-refractivity contribution in [3.05, 3.63) is 48.0 Å². The average molecular weight is 353 g/mol. The maximum atomic E-state index is 12.3. The number of hydrogen-bond acceptors (Lipinski definition) is 3. The molecule has 6 nitrogen and oxygen atoms in total. The van der Waals surface area contributed by atoms with E-state index in [2.05, 4.69) is 17.6 Å². The highest BCUT2D eigenvalue weighted by Crippen LogP contribution is 2.34. The highest BCUT2D eigenvalue weighted by molar-refractivity contribution is 6.01. The zero-order chi connectivity index (χ0) is 18.5. The molecule has 0 bridgehead atoms. The first-order valence-electron chi connectivity index (χ1n) is 8.76. The molecule has 0 aromatic heterocycles. The van der Waals surface area contributed by atoms with Gasteiger partial charge >= 0.3 is 6.03 Å². The molecule has 3 rings (SSSR count). The predicted octanol–water partition coefficient (Wildman–Crippen LogP) is 4.03. The van der Waals surface area contributed by atoms with Crippen molar-refractivity contribution in [2.24, 2.45) is 0 Å². The minimum atomic E-state index is -0.331. The van der Waals surface area contributed by atoms with Crippen molar-refractivity contribution in [1.29, 1.82) is 0 Å². The van der Waals surface area contributed by atoms with Gasteiger partial charge in [-0.3, -0.25) is 4.79 Å². The zero-order valence-corrected chi connectivity index (χ0v) is 15.0. The number of nitrogens with zero attached hydrogens (tertiary/aromatic N) is 1. The Morgan fingerprint density at radius 3 is 2.58 bits per heavy atom. The van der Waals surface area contributed by atoms with Crippen LogP contribution in [-0.2, 0) is 11.2 Å². The summed E-state index contributed by atoms with van der Waals surface area (Å²) in [6.45, 7) is 2.73. The van der Waals surface area contributed by atoms with Crippen LogP contribution in [-0.4, -0.2) is 25.6 Å². The van der Waals surface area contributed by atoms with Crippen molar-refractivity contribution in [2.75, 3.05) is 29.2 Å². The second-order valence-electron chi connectivity index (χ2n) is 6.17. The highest BCUT2D eigenvalue weighted by Gasteiger charge is 2.24. The number of rotatable bonds is 5.